The first kappa shape index (κ1) is 26.6. The molecule has 0 unspecified atom stereocenters. The number of fused-ring (bicyclic) bond motifs is 3. The fraction of sp³-hybridized carbons (Fsp3) is 0.379. The number of nitrogens with one attached hydrogen (secondary N) is 1. The van der Waals surface area contributed by atoms with Gasteiger partial charge in [-0.3, -0.25) is 0 Å². The number of nitrogens with zero attached hydrogens (tertiary/aromatic N) is 2. The van der Waals surface area contributed by atoms with Crippen LogP contribution in [0.4, 0.5) is 29.3 Å². The van der Waals surface area contributed by atoms with Crippen LogP contribution in [0.3, 0.4) is 0 Å². The van der Waals surface area contributed by atoms with Gasteiger partial charge in [0.05, 0.1) is 16.6 Å². The van der Waals surface area contributed by atoms with E-state index in [1.165, 1.54) is 18.2 Å². The van der Waals surface area contributed by atoms with E-state index in [9.17, 15) is 22.8 Å². The van der Waals surface area contributed by atoms with Gasteiger partial charge in [-0.1, -0.05) is 13.3 Å². The van der Waals surface area contributed by atoms with Crippen LogP contribution < -0.4 is 20.6 Å². The molecule has 0 saturated carbocycles. The zero-order valence-corrected chi connectivity index (χ0v) is 22.0. The van der Waals surface area contributed by atoms with Gasteiger partial charge in [0, 0.05) is 49.6 Å². The Morgan fingerprint density at radius 2 is 1.77 bits per heavy atom. The van der Waals surface area contributed by atoms with Crippen LogP contribution in [-0.2, 0) is 12.6 Å². The Bertz CT molecular complexity index is 1480. The molecule has 1 aromatic heterocycles. The van der Waals surface area contributed by atoms with Gasteiger partial charge in [-0.05, 0) is 62.2 Å². The third-order valence-corrected chi connectivity index (χ3v) is 6.99. The van der Waals surface area contributed by atoms with Gasteiger partial charge >= 0.3 is 17.8 Å². The number of piperazine rings is 1. The molecule has 1 saturated heterocycles. The highest BCUT2D eigenvalue weighted by atomic mass is 19.4. The van der Waals surface area contributed by atoms with E-state index in [1.807, 2.05) is 32.1 Å². The molecular weight excluding hydrogens is 511 g/mol. The third kappa shape index (κ3) is 5.46. The lowest BCUT2D eigenvalue weighted by Gasteiger charge is -2.38. The lowest BCUT2D eigenvalue weighted by atomic mass is 9.95. The summed E-state index contributed by atoms with van der Waals surface area (Å²) < 4.78 is 50.5. The lowest BCUT2D eigenvalue weighted by molar-refractivity contribution is -0.137. The first-order valence-corrected chi connectivity index (χ1v) is 13.0. The number of carbonyl (C=O) groups is 1. The summed E-state index contributed by atoms with van der Waals surface area (Å²) in [6.45, 7) is 7.81. The van der Waals surface area contributed by atoms with Crippen molar-refractivity contribution in [2.24, 2.45) is 0 Å². The average Bonchev–Trinajstić information content (AvgIpc) is 2.87. The Balaban J connectivity index is 1.38. The Hall–Kier alpha value is -3.95. The first-order chi connectivity index (χ1) is 18.4. The standard InChI is InChI=1S/C29H30F3N3O4/c1-4-5-18-16-24(36)38-23-17-22(21-10-11-28(2,3)39-26(21)25(18)23)34-12-14-35(15-13-34)27(37)33-20-8-6-19(7-9-20)29(30,31)32/h6-11,16-17H,4-5,12-15H2,1-3H3,(H,33,37). The van der Waals surface area contributed by atoms with E-state index in [0.29, 0.717) is 49.6 Å². The number of urea groups is 1. The number of hydrogen-bond donors (Lipinski definition) is 1. The molecule has 3 heterocycles. The molecule has 39 heavy (non-hydrogen) atoms. The molecule has 1 fully saturated rings. The number of benzene rings is 2. The minimum Gasteiger partial charge on any atom is -0.482 e. The van der Waals surface area contributed by atoms with Crippen molar-refractivity contribution in [1.82, 2.24) is 4.90 Å². The number of aryl methyl sites for hydroxylation is 1. The SMILES string of the molecule is CCCc1cc(=O)oc2cc(N3CCN(C(=O)Nc4ccc(C(F)(F)F)cc4)CC3)c3c(c12)OC(C)(C)C=C3. The van der Waals surface area contributed by atoms with E-state index in [-0.39, 0.29) is 6.03 Å². The molecular formula is C29H30F3N3O4. The smallest absolute Gasteiger partial charge is 0.416 e. The maximum atomic E-state index is 12.8. The van der Waals surface area contributed by atoms with Crippen LogP contribution in [-0.4, -0.2) is 42.7 Å². The largest absolute Gasteiger partial charge is 0.482 e. The average molecular weight is 542 g/mol. The maximum Gasteiger partial charge on any atom is 0.416 e. The fourth-order valence-electron chi connectivity index (χ4n) is 5.05. The van der Waals surface area contributed by atoms with E-state index in [4.69, 9.17) is 9.15 Å². The molecule has 0 atom stereocenters. The molecule has 10 heteroatoms. The predicted molar refractivity (Wildman–Crippen MR) is 144 cm³/mol. The predicted octanol–water partition coefficient (Wildman–Crippen LogP) is 6.30. The van der Waals surface area contributed by atoms with Gasteiger partial charge in [-0.2, -0.15) is 13.2 Å². The zero-order valence-electron chi connectivity index (χ0n) is 22.0. The molecule has 3 aromatic rings. The molecule has 2 aliphatic heterocycles. The van der Waals surface area contributed by atoms with E-state index in [0.717, 1.165) is 40.8 Å². The summed E-state index contributed by atoms with van der Waals surface area (Å²) in [5, 5.41) is 3.48. The van der Waals surface area contributed by atoms with Crippen LogP contribution in [0.5, 0.6) is 5.75 Å². The highest BCUT2D eigenvalue weighted by Crippen LogP contribution is 2.44. The Morgan fingerprint density at radius 1 is 1.08 bits per heavy atom. The summed E-state index contributed by atoms with van der Waals surface area (Å²) in [5.41, 5.74) is 1.68. The van der Waals surface area contributed by atoms with Crippen molar-refractivity contribution in [3.63, 3.8) is 0 Å². The van der Waals surface area contributed by atoms with Crippen LogP contribution in [0.2, 0.25) is 0 Å². The van der Waals surface area contributed by atoms with Gasteiger partial charge in [0.2, 0.25) is 0 Å². The lowest BCUT2D eigenvalue weighted by Crippen LogP contribution is -2.50. The van der Waals surface area contributed by atoms with E-state index in [2.05, 4.69) is 17.1 Å². The summed E-state index contributed by atoms with van der Waals surface area (Å²) in [6.07, 6.45) is 1.19. The number of halogens is 3. The summed E-state index contributed by atoms with van der Waals surface area (Å²) in [5.74, 6) is 0.685. The minimum absolute atomic E-state index is 0.293. The van der Waals surface area contributed by atoms with Gasteiger partial charge in [-0.25, -0.2) is 9.59 Å². The molecule has 7 nitrogen and oxygen atoms in total. The summed E-state index contributed by atoms with van der Waals surface area (Å²) in [4.78, 5) is 28.9. The maximum absolute atomic E-state index is 12.8. The Morgan fingerprint density at radius 3 is 2.41 bits per heavy atom. The Kier molecular flexibility index (Phi) is 6.82. The van der Waals surface area contributed by atoms with Gasteiger partial charge in [0.15, 0.2) is 0 Å². The van der Waals surface area contributed by atoms with Crippen molar-refractivity contribution in [1.29, 1.82) is 0 Å². The highest BCUT2D eigenvalue weighted by molar-refractivity contribution is 5.97. The van der Waals surface area contributed by atoms with E-state index < -0.39 is 23.0 Å². The summed E-state index contributed by atoms with van der Waals surface area (Å²) in [7, 11) is 0. The Labute approximate surface area is 223 Å². The second kappa shape index (κ2) is 9.98. The monoisotopic (exact) mass is 541 g/mol. The molecule has 2 aliphatic rings. The van der Waals surface area contributed by atoms with Crippen LogP contribution in [0.25, 0.3) is 17.0 Å². The number of anilines is 2. The van der Waals surface area contributed by atoms with Crippen LogP contribution in [0.15, 0.2) is 51.7 Å². The van der Waals surface area contributed by atoms with Crippen LogP contribution >= 0.6 is 0 Å². The van der Waals surface area contributed by atoms with Crippen molar-refractivity contribution < 1.29 is 27.1 Å². The van der Waals surface area contributed by atoms with Gasteiger partial charge in [0.1, 0.15) is 16.9 Å². The van der Waals surface area contributed by atoms with Crippen molar-refractivity contribution in [2.75, 3.05) is 36.4 Å². The van der Waals surface area contributed by atoms with E-state index >= 15 is 0 Å². The van der Waals surface area contributed by atoms with E-state index in [1.54, 1.807) is 4.90 Å². The first-order valence-electron chi connectivity index (χ1n) is 13.0. The normalized spacial score (nSPS) is 16.7. The second-order valence-electron chi connectivity index (χ2n) is 10.4. The molecule has 0 aliphatic carbocycles. The minimum atomic E-state index is -4.43. The zero-order chi connectivity index (χ0) is 27.9. The van der Waals surface area contributed by atoms with Crippen LogP contribution in [0, 0.1) is 0 Å². The topological polar surface area (TPSA) is 75.0 Å². The third-order valence-electron chi connectivity index (χ3n) is 6.99. The molecule has 0 spiro atoms. The molecule has 2 amide bonds. The number of carbonyl (C=O) groups excluding carboxylic acids is 1. The highest BCUT2D eigenvalue weighted by Gasteiger charge is 2.32. The molecule has 5 rings (SSSR count). The molecule has 1 N–H and O–H groups in total. The summed E-state index contributed by atoms with van der Waals surface area (Å²) in [6, 6.07) is 7.40. The van der Waals surface area contributed by atoms with Crippen molar-refractivity contribution >= 4 is 34.5 Å². The summed E-state index contributed by atoms with van der Waals surface area (Å²) >= 11 is 0. The number of ether oxygens (including phenoxy) is 1. The van der Waals surface area contributed by atoms with Gasteiger partial charge in [0.25, 0.3) is 0 Å². The van der Waals surface area contributed by atoms with Gasteiger partial charge < -0.3 is 24.3 Å². The fourth-order valence-corrected chi connectivity index (χ4v) is 5.05. The number of rotatable bonds is 4. The van der Waals surface area contributed by atoms with Crippen molar-refractivity contribution in [3.05, 3.63) is 69.6 Å². The number of amides is 2. The van der Waals surface area contributed by atoms with Crippen LogP contribution in [0.1, 0.15) is 43.9 Å². The van der Waals surface area contributed by atoms with Gasteiger partial charge in [-0.15, -0.1) is 0 Å². The number of hydrogen-bond acceptors (Lipinski definition) is 5. The molecule has 0 radical (unpaired) electrons. The quantitative estimate of drug-likeness (QED) is 0.392. The molecule has 0 bridgehead atoms. The number of alkyl halides is 3. The molecule has 206 valence electrons. The molecule has 2 aromatic carbocycles. The van der Waals surface area contributed by atoms with Crippen molar-refractivity contribution in [2.45, 2.75) is 45.4 Å². The van der Waals surface area contributed by atoms with Crippen molar-refractivity contribution in [3.8, 4) is 5.75 Å². The second-order valence-corrected chi connectivity index (χ2v) is 10.4.